The second-order valence-electron chi connectivity index (χ2n) is 5.72. The van der Waals surface area contributed by atoms with Crippen LogP contribution in [0.25, 0.3) is 0 Å². The van der Waals surface area contributed by atoms with E-state index in [1.807, 2.05) is 0 Å². The van der Waals surface area contributed by atoms with Gasteiger partial charge in [0.25, 0.3) is 0 Å². The quantitative estimate of drug-likeness (QED) is 0.645. The predicted molar refractivity (Wildman–Crippen MR) is 92.7 cm³/mol. The molecule has 0 saturated carbocycles. The minimum Gasteiger partial charge on any atom is -0.406 e. The summed E-state index contributed by atoms with van der Waals surface area (Å²) >= 11 is 0. The molecule has 1 aromatic heterocycles. The number of nitrogens with zero attached hydrogens (tertiary/aromatic N) is 3. The number of aromatic nitrogens is 3. The molecule has 0 spiro atoms. The van der Waals surface area contributed by atoms with Gasteiger partial charge < -0.3 is 4.74 Å². The van der Waals surface area contributed by atoms with Gasteiger partial charge in [0.2, 0.25) is 10.0 Å². The standard InChI is InChI=1S/C17H15F3N4O3S/c18-17(19,20)27-14-7-4-8-15(9-14)28(25,26)23-16(10-24-12-21-11-22-24)13-5-2-1-3-6-13/h1-9,11-12,16,23H,10H2. The third-order valence-corrected chi connectivity index (χ3v) is 5.15. The molecule has 0 bridgehead atoms. The van der Waals surface area contributed by atoms with E-state index in [1.54, 1.807) is 30.3 Å². The van der Waals surface area contributed by atoms with Crippen molar-refractivity contribution in [3.8, 4) is 5.75 Å². The van der Waals surface area contributed by atoms with Gasteiger partial charge in [0.05, 0.1) is 17.5 Å². The van der Waals surface area contributed by atoms with Crippen LogP contribution < -0.4 is 9.46 Å². The number of alkyl halides is 3. The second-order valence-corrected chi connectivity index (χ2v) is 7.44. The maximum Gasteiger partial charge on any atom is 0.573 e. The van der Waals surface area contributed by atoms with Crippen molar-refractivity contribution >= 4 is 10.0 Å². The summed E-state index contributed by atoms with van der Waals surface area (Å²) < 4.78 is 70.5. The van der Waals surface area contributed by atoms with Crippen LogP contribution in [0.15, 0.2) is 72.1 Å². The number of rotatable bonds is 7. The topological polar surface area (TPSA) is 86.1 Å². The van der Waals surface area contributed by atoms with Crippen molar-refractivity contribution in [2.24, 2.45) is 0 Å². The molecule has 0 aliphatic heterocycles. The van der Waals surface area contributed by atoms with Gasteiger partial charge >= 0.3 is 6.36 Å². The minimum absolute atomic E-state index is 0.141. The Labute approximate surface area is 158 Å². The zero-order valence-corrected chi connectivity index (χ0v) is 15.1. The summed E-state index contributed by atoms with van der Waals surface area (Å²) in [5, 5.41) is 3.96. The largest absolute Gasteiger partial charge is 0.573 e. The van der Waals surface area contributed by atoms with Crippen molar-refractivity contribution in [3.05, 3.63) is 72.8 Å². The molecule has 0 aliphatic rings. The van der Waals surface area contributed by atoms with E-state index in [0.717, 1.165) is 12.1 Å². The summed E-state index contributed by atoms with van der Waals surface area (Å²) in [5.41, 5.74) is 0.657. The van der Waals surface area contributed by atoms with Gasteiger partial charge in [-0.3, -0.25) is 4.68 Å². The van der Waals surface area contributed by atoms with Crippen molar-refractivity contribution in [1.29, 1.82) is 0 Å². The van der Waals surface area contributed by atoms with Gasteiger partial charge in [0.1, 0.15) is 18.4 Å². The highest BCUT2D eigenvalue weighted by Crippen LogP contribution is 2.26. The van der Waals surface area contributed by atoms with Gasteiger partial charge in [-0.25, -0.2) is 18.1 Å². The van der Waals surface area contributed by atoms with Crippen LogP contribution in [0, 0.1) is 0 Å². The molecule has 3 aromatic rings. The molecule has 0 fully saturated rings. The fourth-order valence-electron chi connectivity index (χ4n) is 2.50. The van der Waals surface area contributed by atoms with E-state index in [2.05, 4.69) is 19.5 Å². The summed E-state index contributed by atoms with van der Waals surface area (Å²) in [5.74, 6) is -0.622. The van der Waals surface area contributed by atoms with Gasteiger partial charge in [-0.05, 0) is 17.7 Å². The molecule has 28 heavy (non-hydrogen) atoms. The Kier molecular flexibility index (Phi) is 5.66. The highest BCUT2D eigenvalue weighted by Gasteiger charge is 2.31. The number of sulfonamides is 1. The van der Waals surface area contributed by atoms with E-state index < -0.39 is 28.2 Å². The second kappa shape index (κ2) is 7.98. The molecule has 0 aliphatic carbocycles. The Balaban J connectivity index is 1.88. The lowest BCUT2D eigenvalue weighted by Crippen LogP contribution is -2.31. The van der Waals surface area contributed by atoms with Crippen molar-refractivity contribution < 1.29 is 26.3 Å². The Morgan fingerprint density at radius 2 is 1.86 bits per heavy atom. The Bertz CT molecular complexity index is 1010. The van der Waals surface area contributed by atoms with Crippen LogP contribution in [0.3, 0.4) is 0 Å². The number of hydrogen-bond donors (Lipinski definition) is 1. The number of hydrogen-bond acceptors (Lipinski definition) is 5. The number of halogens is 3. The SMILES string of the molecule is O=S(=O)(NC(Cn1cncn1)c1ccccc1)c1cccc(OC(F)(F)F)c1. The lowest BCUT2D eigenvalue weighted by atomic mass is 10.1. The number of nitrogens with one attached hydrogen (secondary N) is 1. The summed E-state index contributed by atoms with van der Waals surface area (Å²) in [6.07, 6.45) is -2.17. The molecular formula is C17H15F3N4O3S. The Morgan fingerprint density at radius 1 is 1.11 bits per heavy atom. The first-order chi connectivity index (χ1) is 13.2. The summed E-state index contributed by atoms with van der Waals surface area (Å²) in [4.78, 5) is 3.47. The minimum atomic E-state index is -4.92. The van der Waals surface area contributed by atoms with E-state index in [4.69, 9.17) is 0 Å². The lowest BCUT2D eigenvalue weighted by molar-refractivity contribution is -0.274. The van der Waals surface area contributed by atoms with Crippen LogP contribution in [0.4, 0.5) is 13.2 Å². The normalized spacial score (nSPS) is 13.2. The third kappa shape index (κ3) is 5.30. The third-order valence-electron chi connectivity index (χ3n) is 3.68. The molecule has 11 heteroatoms. The highest BCUT2D eigenvalue weighted by atomic mass is 32.2. The first-order valence-electron chi connectivity index (χ1n) is 7.98. The smallest absolute Gasteiger partial charge is 0.406 e. The molecule has 148 valence electrons. The van der Waals surface area contributed by atoms with E-state index in [0.29, 0.717) is 5.56 Å². The van der Waals surface area contributed by atoms with Crippen LogP contribution in [-0.4, -0.2) is 29.5 Å². The van der Waals surface area contributed by atoms with Crippen molar-refractivity contribution in [2.75, 3.05) is 0 Å². The zero-order valence-electron chi connectivity index (χ0n) is 14.2. The van der Waals surface area contributed by atoms with Gasteiger partial charge in [-0.15, -0.1) is 13.2 Å². The summed E-state index contributed by atoms with van der Waals surface area (Å²) in [6.45, 7) is 0.141. The molecule has 1 N–H and O–H groups in total. The van der Waals surface area contributed by atoms with Gasteiger partial charge in [-0.2, -0.15) is 5.10 Å². The monoisotopic (exact) mass is 412 g/mol. The molecule has 1 unspecified atom stereocenters. The fraction of sp³-hybridized carbons (Fsp3) is 0.176. The van der Waals surface area contributed by atoms with Gasteiger partial charge in [0, 0.05) is 6.07 Å². The maximum absolute atomic E-state index is 12.8. The van der Waals surface area contributed by atoms with E-state index in [9.17, 15) is 21.6 Å². The molecule has 1 atom stereocenters. The molecule has 0 saturated heterocycles. The van der Waals surface area contributed by atoms with E-state index in [1.165, 1.54) is 29.5 Å². The highest BCUT2D eigenvalue weighted by molar-refractivity contribution is 7.89. The molecule has 0 amide bonds. The van der Waals surface area contributed by atoms with Crippen molar-refractivity contribution in [3.63, 3.8) is 0 Å². The fourth-order valence-corrected chi connectivity index (χ4v) is 3.75. The molecule has 2 aromatic carbocycles. The Hall–Kier alpha value is -2.92. The molecular weight excluding hydrogens is 397 g/mol. The molecule has 0 radical (unpaired) electrons. The molecule has 1 heterocycles. The van der Waals surface area contributed by atoms with Crippen LogP contribution in [-0.2, 0) is 16.6 Å². The zero-order chi connectivity index (χ0) is 20.2. The lowest BCUT2D eigenvalue weighted by Gasteiger charge is -2.19. The van der Waals surface area contributed by atoms with E-state index >= 15 is 0 Å². The van der Waals surface area contributed by atoms with Gasteiger partial charge in [-0.1, -0.05) is 36.4 Å². The average molecular weight is 412 g/mol. The summed E-state index contributed by atoms with van der Waals surface area (Å²) in [7, 11) is -4.15. The summed E-state index contributed by atoms with van der Waals surface area (Å²) in [6, 6.07) is 12.2. The van der Waals surface area contributed by atoms with Crippen LogP contribution in [0.1, 0.15) is 11.6 Å². The predicted octanol–water partition coefficient (Wildman–Crippen LogP) is 2.90. The first-order valence-corrected chi connectivity index (χ1v) is 9.47. The van der Waals surface area contributed by atoms with Crippen LogP contribution in [0.5, 0.6) is 5.75 Å². The maximum atomic E-state index is 12.8. The molecule has 3 rings (SSSR count). The average Bonchev–Trinajstić information content (AvgIpc) is 3.14. The van der Waals surface area contributed by atoms with E-state index in [-0.39, 0.29) is 11.4 Å². The van der Waals surface area contributed by atoms with Crippen molar-refractivity contribution in [2.45, 2.75) is 23.8 Å². The van der Waals surface area contributed by atoms with Crippen LogP contribution >= 0.6 is 0 Å². The number of ether oxygens (including phenoxy) is 1. The molecule has 7 nitrogen and oxygen atoms in total. The van der Waals surface area contributed by atoms with Gasteiger partial charge in [0.15, 0.2) is 0 Å². The van der Waals surface area contributed by atoms with Crippen LogP contribution in [0.2, 0.25) is 0 Å². The Morgan fingerprint density at radius 3 is 2.50 bits per heavy atom. The number of benzene rings is 2. The van der Waals surface area contributed by atoms with Crippen molar-refractivity contribution in [1.82, 2.24) is 19.5 Å². The first kappa shape index (κ1) is 19.8.